The summed E-state index contributed by atoms with van der Waals surface area (Å²) in [7, 11) is -4.15. The number of sulfonamides is 1. The normalized spacial score (nSPS) is 24.7. The molecule has 2 aromatic rings. The number of urea groups is 1. The molecular formula is C28H36N4O6S. The highest BCUT2D eigenvalue weighted by Crippen LogP contribution is 2.37. The molecule has 3 amide bonds. The number of fused-ring (bicyclic) bond motifs is 2. The Morgan fingerprint density at radius 1 is 1.10 bits per heavy atom. The van der Waals surface area contributed by atoms with Crippen molar-refractivity contribution in [1.82, 2.24) is 19.8 Å². The molecule has 0 unspecified atom stereocenters. The number of nitrogens with zero attached hydrogens (tertiary/aromatic N) is 2. The summed E-state index contributed by atoms with van der Waals surface area (Å²) in [6.07, 6.45) is 0.522. The van der Waals surface area contributed by atoms with E-state index in [2.05, 4.69) is 10.6 Å². The monoisotopic (exact) mass is 556 g/mol. The molecule has 1 spiro atoms. The van der Waals surface area contributed by atoms with Gasteiger partial charge in [-0.25, -0.2) is 13.2 Å². The van der Waals surface area contributed by atoms with Crippen molar-refractivity contribution in [1.29, 1.82) is 0 Å². The summed E-state index contributed by atoms with van der Waals surface area (Å²) in [5, 5.41) is 16.5. The molecule has 3 N–H and O–H groups in total. The van der Waals surface area contributed by atoms with Crippen LogP contribution in [0.15, 0.2) is 53.4 Å². The second-order valence-electron chi connectivity index (χ2n) is 11.0. The first-order chi connectivity index (χ1) is 18.6. The van der Waals surface area contributed by atoms with Crippen LogP contribution >= 0.6 is 0 Å². The zero-order valence-corrected chi connectivity index (χ0v) is 23.1. The number of ether oxygens (including phenoxy) is 1. The van der Waals surface area contributed by atoms with Crippen LogP contribution in [-0.2, 0) is 14.8 Å². The lowest BCUT2D eigenvalue weighted by Crippen LogP contribution is -2.60. The van der Waals surface area contributed by atoms with E-state index < -0.39 is 33.6 Å². The van der Waals surface area contributed by atoms with Gasteiger partial charge in [0.15, 0.2) is 0 Å². The minimum atomic E-state index is -4.15. The zero-order chi connectivity index (χ0) is 27.8. The van der Waals surface area contributed by atoms with Crippen LogP contribution in [-0.4, -0.2) is 84.6 Å². The Morgan fingerprint density at radius 2 is 1.82 bits per heavy atom. The third-order valence-electron chi connectivity index (χ3n) is 7.82. The molecule has 0 aliphatic carbocycles. The fraction of sp³-hybridized carbons (Fsp3) is 0.500. The van der Waals surface area contributed by atoms with Crippen LogP contribution in [0.25, 0.3) is 11.1 Å². The summed E-state index contributed by atoms with van der Waals surface area (Å²) >= 11 is 0. The number of nitrogens with one attached hydrogen (secondary N) is 2. The number of rotatable bonds is 2. The van der Waals surface area contributed by atoms with E-state index in [0.29, 0.717) is 32.4 Å². The minimum Gasteiger partial charge on any atom is -0.492 e. The van der Waals surface area contributed by atoms with Gasteiger partial charge in [0.1, 0.15) is 16.7 Å². The maximum absolute atomic E-state index is 13.9. The van der Waals surface area contributed by atoms with E-state index in [9.17, 15) is 23.1 Å². The van der Waals surface area contributed by atoms with Crippen LogP contribution in [0.2, 0.25) is 0 Å². The van der Waals surface area contributed by atoms with E-state index in [-0.39, 0.29) is 42.3 Å². The van der Waals surface area contributed by atoms with Gasteiger partial charge in [-0.15, -0.1) is 0 Å². The first kappa shape index (κ1) is 27.4. The highest BCUT2D eigenvalue weighted by atomic mass is 32.2. The highest BCUT2D eigenvalue weighted by molar-refractivity contribution is 7.89. The Kier molecular flexibility index (Phi) is 7.58. The molecule has 10 nitrogen and oxygen atoms in total. The summed E-state index contributed by atoms with van der Waals surface area (Å²) < 4.78 is 35.0. The molecule has 2 saturated heterocycles. The fourth-order valence-electron chi connectivity index (χ4n) is 5.67. The van der Waals surface area contributed by atoms with Crippen LogP contribution in [0.3, 0.4) is 0 Å². The number of piperidine rings is 1. The van der Waals surface area contributed by atoms with Gasteiger partial charge in [0.05, 0.1) is 12.7 Å². The molecule has 11 heteroatoms. The van der Waals surface area contributed by atoms with Gasteiger partial charge in [-0.1, -0.05) is 36.4 Å². The molecule has 39 heavy (non-hydrogen) atoms. The number of aliphatic hydroxyl groups excluding tert-OH is 1. The van der Waals surface area contributed by atoms with Gasteiger partial charge in [0, 0.05) is 44.1 Å². The van der Waals surface area contributed by atoms with E-state index in [0.717, 1.165) is 15.4 Å². The molecule has 0 saturated carbocycles. The topological polar surface area (TPSA) is 128 Å². The standard InChI is InChI=1S/C28H36N4O6S/c1-19(2)29-27(35)31-13-10-28(11-14-31)12-15-38-24-16-21(20-6-4-3-5-7-20)8-9-25(24)39(36,37)32-18-22(33)17-23(32)26(34)30-28/h3-9,16,19,22-23,33H,10-15,17-18H2,1-2H3,(H,29,35)(H,30,34)/t22-,23+/m1/s1. The van der Waals surface area contributed by atoms with Crippen LogP contribution in [0, 0.1) is 0 Å². The number of benzene rings is 2. The van der Waals surface area contributed by atoms with Crippen molar-refractivity contribution < 1.29 is 27.9 Å². The van der Waals surface area contributed by atoms with E-state index in [1.54, 1.807) is 17.0 Å². The third-order valence-corrected chi connectivity index (χ3v) is 9.73. The van der Waals surface area contributed by atoms with Crippen LogP contribution < -0.4 is 15.4 Å². The van der Waals surface area contributed by atoms with Crippen molar-refractivity contribution >= 4 is 22.0 Å². The fourth-order valence-corrected chi connectivity index (χ4v) is 7.42. The predicted octanol–water partition coefficient (Wildman–Crippen LogP) is 2.33. The molecule has 3 aliphatic rings. The number of aliphatic hydroxyl groups is 1. The number of likely N-dealkylation sites (tertiary alicyclic amines) is 1. The lowest BCUT2D eigenvalue weighted by atomic mass is 9.84. The summed E-state index contributed by atoms with van der Waals surface area (Å²) in [6, 6.07) is 13.4. The van der Waals surface area contributed by atoms with E-state index in [1.165, 1.54) is 6.07 Å². The molecule has 2 aromatic carbocycles. The Morgan fingerprint density at radius 3 is 2.51 bits per heavy atom. The molecular weight excluding hydrogens is 520 g/mol. The highest BCUT2D eigenvalue weighted by Gasteiger charge is 2.47. The summed E-state index contributed by atoms with van der Waals surface area (Å²) in [4.78, 5) is 27.9. The SMILES string of the molecule is CC(C)NC(=O)N1CCC2(CCOc3cc(-c4ccccc4)ccc3S(=O)(=O)N3C[C@H](O)C[C@H]3C(=O)N2)CC1. The first-order valence-corrected chi connectivity index (χ1v) is 14.9. The number of hydrogen-bond acceptors (Lipinski definition) is 6. The minimum absolute atomic E-state index is 0.0152. The van der Waals surface area contributed by atoms with Crippen molar-refractivity contribution in [2.24, 2.45) is 0 Å². The summed E-state index contributed by atoms with van der Waals surface area (Å²) in [5.74, 6) is -0.214. The molecule has 3 aliphatic heterocycles. The second kappa shape index (κ2) is 10.8. The maximum atomic E-state index is 13.9. The zero-order valence-electron chi connectivity index (χ0n) is 22.3. The van der Waals surface area contributed by atoms with Crippen LogP contribution in [0.1, 0.15) is 39.5 Å². The predicted molar refractivity (Wildman–Crippen MR) is 146 cm³/mol. The number of carbonyl (C=O) groups is 2. The Bertz CT molecular complexity index is 1320. The molecule has 3 heterocycles. The van der Waals surface area contributed by atoms with Gasteiger partial charge in [-0.05, 0) is 49.9 Å². The maximum Gasteiger partial charge on any atom is 0.317 e. The van der Waals surface area contributed by atoms with E-state index >= 15 is 0 Å². The van der Waals surface area contributed by atoms with Crippen molar-refractivity contribution in [2.75, 3.05) is 26.2 Å². The van der Waals surface area contributed by atoms with E-state index in [4.69, 9.17) is 4.74 Å². The number of hydrogen-bond donors (Lipinski definition) is 3. The Labute approximate surface area is 229 Å². The van der Waals surface area contributed by atoms with Crippen molar-refractivity contribution in [2.45, 2.75) is 68.2 Å². The molecule has 210 valence electrons. The third kappa shape index (κ3) is 5.61. The van der Waals surface area contributed by atoms with Crippen LogP contribution in [0.4, 0.5) is 4.79 Å². The van der Waals surface area contributed by atoms with Gasteiger partial charge >= 0.3 is 6.03 Å². The number of carbonyl (C=O) groups excluding carboxylic acids is 2. The molecule has 0 radical (unpaired) electrons. The largest absolute Gasteiger partial charge is 0.492 e. The Hall–Kier alpha value is -3.15. The lowest BCUT2D eigenvalue weighted by Gasteiger charge is -2.43. The van der Waals surface area contributed by atoms with Crippen molar-refractivity contribution in [3.05, 3.63) is 48.5 Å². The summed E-state index contributed by atoms with van der Waals surface area (Å²) in [6.45, 7) is 4.72. The quantitative estimate of drug-likeness (QED) is 0.521. The first-order valence-electron chi connectivity index (χ1n) is 13.5. The molecule has 5 rings (SSSR count). The molecule has 2 atom stereocenters. The van der Waals surface area contributed by atoms with Gasteiger partial charge < -0.3 is 25.4 Å². The lowest BCUT2D eigenvalue weighted by molar-refractivity contribution is -0.127. The van der Waals surface area contributed by atoms with E-state index in [1.807, 2.05) is 44.2 Å². The molecule has 2 fully saturated rings. The molecule has 0 bridgehead atoms. The van der Waals surface area contributed by atoms with Gasteiger partial charge in [-0.3, -0.25) is 4.79 Å². The second-order valence-corrected chi connectivity index (χ2v) is 12.8. The average Bonchev–Trinajstić information content (AvgIpc) is 3.31. The molecule has 0 aromatic heterocycles. The van der Waals surface area contributed by atoms with Gasteiger partial charge in [0.25, 0.3) is 0 Å². The smallest absolute Gasteiger partial charge is 0.317 e. The Balaban J connectivity index is 1.48. The van der Waals surface area contributed by atoms with Gasteiger partial charge in [-0.2, -0.15) is 4.31 Å². The van der Waals surface area contributed by atoms with Gasteiger partial charge in [0.2, 0.25) is 15.9 Å². The average molecular weight is 557 g/mol. The van der Waals surface area contributed by atoms with Crippen molar-refractivity contribution in [3.63, 3.8) is 0 Å². The van der Waals surface area contributed by atoms with Crippen molar-refractivity contribution in [3.8, 4) is 16.9 Å². The number of amides is 3. The summed E-state index contributed by atoms with van der Waals surface area (Å²) in [5.41, 5.74) is 1.06. The van der Waals surface area contributed by atoms with Crippen LogP contribution in [0.5, 0.6) is 5.75 Å².